The van der Waals surface area contributed by atoms with E-state index in [0.29, 0.717) is 0 Å². The summed E-state index contributed by atoms with van der Waals surface area (Å²) in [6.07, 6.45) is 0.746. The molecule has 0 aliphatic rings. The summed E-state index contributed by atoms with van der Waals surface area (Å²) in [6, 6.07) is 5.86. The Morgan fingerprint density at radius 1 is 1.15 bits per heavy atom. The molecule has 0 atom stereocenters. The number of benzene rings is 1. The normalized spacial score (nSPS) is 11.7. The molecule has 1 aromatic heterocycles. The van der Waals surface area contributed by atoms with Crippen LogP contribution in [0.25, 0.3) is 10.9 Å². The molecule has 0 fully saturated rings. The van der Waals surface area contributed by atoms with Gasteiger partial charge in [0.2, 0.25) is 0 Å². The number of hydrogen-bond donors (Lipinski definition) is 1. The first-order valence-electron chi connectivity index (χ1n) is 6.66. The van der Waals surface area contributed by atoms with Crippen LogP contribution in [0.4, 0.5) is 0 Å². The van der Waals surface area contributed by atoms with Crippen LogP contribution < -0.4 is 15.2 Å². The van der Waals surface area contributed by atoms with Crippen LogP contribution >= 0.6 is 0 Å². The lowest BCUT2D eigenvalue weighted by Crippen LogP contribution is -2.34. The second-order valence-corrected chi connectivity index (χ2v) is 5.78. The van der Waals surface area contributed by atoms with Crippen LogP contribution in [0.2, 0.25) is 0 Å². The third kappa shape index (κ3) is 2.85. The number of nitrogens with zero attached hydrogens (tertiary/aromatic N) is 1. The fraction of sp³-hybridized carbons (Fsp3) is 0.438. The molecule has 4 nitrogen and oxygen atoms in total. The number of methoxy groups -OCH3 is 2. The van der Waals surface area contributed by atoms with Crippen molar-refractivity contribution < 1.29 is 9.47 Å². The maximum absolute atomic E-state index is 6.18. The minimum atomic E-state index is -0.297. The Morgan fingerprint density at radius 2 is 1.75 bits per heavy atom. The number of ether oxygens (including phenoxy) is 2. The van der Waals surface area contributed by atoms with E-state index < -0.39 is 0 Å². The molecular formula is C16H22N2O2. The van der Waals surface area contributed by atoms with E-state index in [2.05, 4.69) is 11.1 Å². The van der Waals surface area contributed by atoms with E-state index in [1.165, 1.54) is 0 Å². The molecule has 0 amide bonds. The van der Waals surface area contributed by atoms with Crippen molar-refractivity contribution >= 4 is 10.9 Å². The highest BCUT2D eigenvalue weighted by Gasteiger charge is 2.19. The summed E-state index contributed by atoms with van der Waals surface area (Å²) in [6.45, 7) is 6.01. The average molecular weight is 274 g/mol. The minimum Gasteiger partial charge on any atom is -0.496 e. The van der Waals surface area contributed by atoms with E-state index in [1.54, 1.807) is 14.2 Å². The smallest absolute Gasteiger partial charge is 0.145 e. The molecule has 4 heteroatoms. The van der Waals surface area contributed by atoms with Crippen LogP contribution in [0, 0.1) is 6.92 Å². The maximum Gasteiger partial charge on any atom is 0.145 e. The van der Waals surface area contributed by atoms with Crippen LogP contribution in [-0.2, 0) is 6.42 Å². The molecule has 0 saturated heterocycles. The zero-order chi connectivity index (χ0) is 14.9. The highest BCUT2D eigenvalue weighted by molar-refractivity contribution is 5.93. The number of hydrogen-bond acceptors (Lipinski definition) is 4. The van der Waals surface area contributed by atoms with Crippen molar-refractivity contribution in [2.75, 3.05) is 14.2 Å². The Kier molecular flexibility index (Phi) is 3.86. The van der Waals surface area contributed by atoms with Crippen molar-refractivity contribution in [3.05, 3.63) is 29.5 Å². The molecule has 1 heterocycles. The fourth-order valence-corrected chi connectivity index (χ4v) is 2.47. The zero-order valence-corrected chi connectivity index (χ0v) is 12.8. The second kappa shape index (κ2) is 5.29. The van der Waals surface area contributed by atoms with Crippen molar-refractivity contribution in [1.82, 2.24) is 4.98 Å². The number of nitrogens with two attached hydrogens (primary N) is 1. The summed E-state index contributed by atoms with van der Waals surface area (Å²) >= 11 is 0. The summed E-state index contributed by atoms with van der Waals surface area (Å²) in [5, 5.41) is 0.982. The van der Waals surface area contributed by atoms with Gasteiger partial charge in [-0.2, -0.15) is 0 Å². The van der Waals surface area contributed by atoms with Gasteiger partial charge in [-0.15, -0.1) is 0 Å². The van der Waals surface area contributed by atoms with Crippen molar-refractivity contribution in [2.45, 2.75) is 32.7 Å². The van der Waals surface area contributed by atoms with Gasteiger partial charge in [-0.1, -0.05) is 0 Å². The Balaban J connectivity index is 2.79. The summed E-state index contributed by atoms with van der Waals surface area (Å²) < 4.78 is 10.9. The van der Waals surface area contributed by atoms with Gasteiger partial charge in [0, 0.05) is 16.6 Å². The third-order valence-electron chi connectivity index (χ3n) is 3.18. The Hall–Kier alpha value is -1.81. The Morgan fingerprint density at radius 3 is 2.30 bits per heavy atom. The molecule has 0 spiro atoms. The first kappa shape index (κ1) is 14.6. The minimum absolute atomic E-state index is 0.297. The van der Waals surface area contributed by atoms with Gasteiger partial charge in [0.25, 0.3) is 0 Å². The maximum atomic E-state index is 6.18. The third-order valence-corrected chi connectivity index (χ3v) is 3.18. The summed E-state index contributed by atoms with van der Waals surface area (Å²) in [5.74, 6) is 1.55. The lowest BCUT2D eigenvalue weighted by molar-refractivity contribution is 0.409. The topological polar surface area (TPSA) is 57.4 Å². The monoisotopic (exact) mass is 274 g/mol. The summed E-state index contributed by atoms with van der Waals surface area (Å²) in [5.41, 5.74) is 8.79. The highest BCUT2D eigenvalue weighted by atomic mass is 16.5. The molecule has 0 aliphatic carbocycles. The quantitative estimate of drug-likeness (QED) is 0.931. The van der Waals surface area contributed by atoms with E-state index in [9.17, 15) is 0 Å². The lowest BCUT2D eigenvalue weighted by atomic mass is 9.93. The standard InChI is InChI=1S/C16H22N2O2/c1-10-8-11(9-16(2,3)17)14-12(19-4)6-7-13(20-5)15(14)18-10/h6-8H,9,17H2,1-5H3. The molecule has 1 aromatic carbocycles. The lowest BCUT2D eigenvalue weighted by Gasteiger charge is -2.21. The number of aryl methyl sites for hydroxylation is 1. The molecule has 0 radical (unpaired) electrons. The molecule has 2 N–H and O–H groups in total. The predicted molar refractivity (Wildman–Crippen MR) is 81.6 cm³/mol. The molecule has 0 bridgehead atoms. The van der Waals surface area contributed by atoms with Gasteiger partial charge in [-0.3, -0.25) is 0 Å². The molecule has 0 unspecified atom stereocenters. The zero-order valence-electron chi connectivity index (χ0n) is 12.8. The number of rotatable bonds is 4. The molecule has 108 valence electrons. The number of pyridine rings is 1. The number of aromatic nitrogens is 1. The van der Waals surface area contributed by atoms with Crippen molar-refractivity contribution in [1.29, 1.82) is 0 Å². The van der Waals surface area contributed by atoms with Crippen molar-refractivity contribution in [3.8, 4) is 11.5 Å². The van der Waals surface area contributed by atoms with Gasteiger partial charge in [-0.05, 0) is 51.0 Å². The summed E-state index contributed by atoms with van der Waals surface area (Å²) in [4.78, 5) is 4.60. The summed E-state index contributed by atoms with van der Waals surface area (Å²) in [7, 11) is 3.32. The van der Waals surface area contributed by atoms with E-state index in [-0.39, 0.29) is 5.54 Å². The first-order chi connectivity index (χ1) is 9.35. The van der Waals surface area contributed by atoms with Crippen LogP contribution in [0.5, 0.6) is 11.5 Å². The fourth-order valence-electron chi connectivity index (χ4n) is 2.47. The van der Waals surface area contributed by atoms with Gasteiger partial charge in [0.15, 0.2) is 0 Å². The van der Waals surface area contributed by atoms with E-state index in [0.717, 1.165) is 40.1 Å². The molecule has 0 aliphatic heterocycles. The van der Waals surface area contributed by atoms with E-state index in [4.69, 9.17) is 15.2 Å². The van der Waals surface area contributed by atoms with Crippen LogP contribution in [-0.4, -0.2) is 24.7 Å². The van der Waals surface area contributed by atoms with E-state index >= 15 is 0 Å². The van der Waals surface area contributed by atoms with Gasteiger partial charge in [0.05, 0.1) is 14.2 Å². The van der Waals surface area contributed by atoms with Gasteiger partial charge < -0.3 is 15.2 Å². The SMILES string of the molecule is COc1ccc(OC)c2c(CC(C)(C)N)cc(C)nc12. The Labute approximate surface area is 119 Å². The van der Waals surface area contributed by atoms with Gasteiger partial charge in [-0.25, -0.2) is 4.98 Å². The molecular weight excluding hydrogens is 252 g/mol. The van der Waals surface area contributed by atoms with Crippen LogP contribution in [0.15, 0.2) is 18.2 Å². The largest absolute Gasteiger partial charge is 0.496 e. The number of fused-ring (bicyclic) bond motifs is 1. The van der Waals surface area contributed by atoms with Gasteiger partial charge in [0.1, 0.15) is 17.0 Å². The van der Waals surface area contributed by atoms with Gasteiger partial charge >= 0.3 is 0 Å². The van der Waals surface area contributed by atoms with Crippen LogP contribution in [0.3, 0.4) is 0 Å². The molecule has 20 heavy (non-hydrogen) atoms. The molecule has 2 aromatic rings. The molecule has 2 rings (SSSR count). The highest BCUT2D eigenvalue weighted by Crippen LogP contribution is 2.35. The van der Waals surface area contributed by atoms with E-state index in [1.807, 2.05) is 32.9 Å². The van der Waals surface area contributed by atoms with Crippen LogP contribution in [0.1, 0.15) is 25.1 Å². The average Bonchev–Trinajstić information content (AvgIpc) is 2.35. The second-order valence-electron chi connectivity index (χ2n) is 5.78. The first-order valence-corrected chi connectivity index (χ1v) is 6.66. The molecule has 0 saturated carbocycles. The Bertz CT molecular complexity index is 630. The van der Waals surface area contributed by atoms with Crippen molar-refractivity contribution in [2.24, 2.45) is 5.73 Å². The van der Waals surface area contributed by atoms with Crippen molar-refractivity contribution in [3.63, 3.8) is 0 Å². The predicted octanol–water partition coefficient (Wildman–Crippen LogP) is 2.84.